The minimum absolute atomic E-state index is 0.0423. The first-order valence-corrected chi connectivity index (χ1v) is 6.06. The number of hydrogen-bond donors (Lipinski definition) is 2. The lowest BCUT2D eigenvalue weighted by Crippen LogP contribution is -2.33. The summed E-state index contributed by atoms with van der Waals surface area (Å²) in [7, 11) is 0. The van der Waals surface area contributed by atoms with Crippen molar-refractivity contribution in [3.8, 4) is 0 Å². The van der Waals surface area contributed by atoms with E-state index in [9.17, 15) is 4.79 Å². The number of H-pyrrole nitrogens is 1. The molecule has 5 nitrogen and oxygen atoms in total. The van der Waals surface area contributed by atoms with Crippen molar-refractivity contribution in [1.29, 1.82) is 0 Å². The summed E-state index contributed by atoms with van der Waals surface area (Å²) in [5, 5.41) is 9.80. The molecule has 0 bridgehead atoms. The van der Waals surface area contributed by atoms with Crippen LogP contribution in [-0.4, -0.2) is 35.9 Å². The summed E-state index contributed by atoms with van der Waals surface area (Å²) in [6, 6.07) is 0. The Balaban J connectivity index is 1.89. The zero-order chi connectivity index (χ0) is 12.3. The molecular weight excluding hydrogens is 218 g/mol. The first-order valence-electron chi connectivity index (χ1n) is 6.06. The normalized spacial score (nSPS) is 20.2. The quantitative estimate of drug-likeness (QED) is 0.829. The second kappa shape index (κ2) is 5.31. The standard InChI is InChI=1S/C12H19N3O2/c1-8-11(9(2)15-14-8)12(16)13-6-10-4-3-5-17-7-10/h10H,3-7H2,1-2H3,(H,13,16)(H,14,15). The predicted molar refractivity (Wildman–Crippen MR) is 63.9 cm³/mol. The van der Waals surface area contributed by atoms with E-state index >= 15 is 0 Å². The average molecular weight is 237 g/mol. The van der Waals surface area contributed by atoms with E-state index in [-0.39, 0.29) is 5.91 Å². The van der Waals surface area contributed by atoms with Crippen LogP contribution in [0.25, 0.3) is 0 Å². The number of amides is 1. The van der Waals surface area contributed by atoms with Crippen molar-refractivity contribution in [2.45, 2.75) is 26.7 Å². The van der Waals surface area contributed by atoms with Gasteiger partial charge < -0.3 is 10.1 Å². The Bertz CT molecular complexity index is 375. The fourth-order valence-electron chi connectivity index (χ4n) is 2.18. The van der Waals surface area contributed by atoms with E-state index in [4.69, 9.17) is 4.74 Å². The van der Waals surface area contributed by atoms with Gasteiger partial charge in [0.2, 0.25) is 0 Å². The monoisotopic (exact) mass is 237 g/mol. The minimum atomic E-state index is -0.0423. The Hall–Kier alpha value is -1.36. The Kier molecular flexibility index (Phi) is 3.78. The predicted octanol–water partition coefficient (Wildman–Crippen LogP) is 1.18. The van der Waals surface area contributed by atoms with Gasteiger partial charge in [-0.05, 0) is 32.6 Å². The SMILES string of the molecule is Cc1n[nH]c(C)c1C(=O)NCC1CCCOC1. The molecule has 1 aromatic heterocycles. The highest BCUT2D eigenvalue weighted by Gasteiger charge is 2.18. The van der Waals surface area contributed by atoms with Crippen LogP contribution in [0, 0.1) is 19.8 Å². The molecule has 5 heteroatoms. The molecule has 1 aliphatic rings. The van der Waals surface area contributed by atoms with Gasteiger partial charge in [0.15, 0.2) is 0 Å². The fourth-order valence-corrected chi connectivity index (χ4v) is 2.18. The number of hydrogen-bond acceptors (Lipinski definition) is 3. The smallest absolute Gasteiger partial charge is 0.255 e. The zero-order valence-electron chi connectivity index (χ0n) is 10.4. The van der Waals surface area contributed by atoms with Crippen molar-refractivity contribution in [1.82, 2.24) is 15.5 Å². The van der Waals surface area contributed by atoms with Gasteiger partial charge >= 0.3 is 0 Å². The van der Waals surface area contributed by atoms with Crippen LogP contribution in [0.5, 0.6) is 0 Å². The van der Waals surface area contributed by atoms with Crippen LogP contribution >= 0.6 is 0 Å². The lowest BCUT2D eigenvalue weighted by atomic mass is 10.0. The topological polar surface area (TPSA) is 67.0 Å². The summed E-state index contributed by atoms with van der Waals surface area (Å²) >= 11 is 0. The van der Waals surface area contributed by atoms with Gasteiger partial charge in [-0.25, -0.2) is 0 Å². The lowest BCUT2D eigenvalue weighted by Gasteiger charge is -2.22. The molecule has 17 heavy (non-hydrogen) atoms. The van der Waals surface area contributed by atoms with Gasteiger partial charge in [0, 0.05) is 18.8 Å². The third kappa shape index (κ3) is 2.85. The van der Waals surface area contributed by atoms with Gasteiger partial charge in [0.05, 0.1) is 17.9 Å². The summed E-state index contributed by atoms with van der Waals surface area (Å²) in [4.78, 5) is 12.0. The highest BCUT2D eigenvalue weighted by atomic mass is 16.5. The van der Waals surface area contributed by atoms with E-state index in [1.807, 2.05) is 13.8 Å². The van der Waals surface area contributed by atoms with Crippen molar-refractivity contribution >= 4 is 5.91 Å². The highest BCUT2D eigenvalue weighted by Crippen LogP contribution is 2.13. The molecule has 2 N–H and O–H groups in total. The molecule has 1 aromatic rings. The molecular formula is C12H19N3O2. The Morgan fingerprint density at radius 2 is 2.41 bits per heavy atom. The van der Waals surface area contributed by atoms with Crippen LogP contribution in [-0.2, 0) is 4.74 Å². The van der Waals surface area contributed by atoms with Crippen LogP contribution in [0.4, 0.5) is 0 Å². The second-order valence-corrected chi connectivity index (χ2v) is 4.60. The van der Waals surface area contributed by atoms with Gasteiger partial charge in [0.25, 0.3) is 5.91 Å². The molecule has 2 heterocycles. The number of carbonyl (C=O) groups excluding carboxylic acids is 1. The Morgan fingerprint density at radius 3 is 3.00 bits per heavy atom. The van der Waals surface area contributed by atoms with Gasteiger partial charge in [-0.2, -0.15) is 5.10 Å². The van der Waals surface area contributed by atoms with Crippen molar-refractivity contribution in [2.24, 2.45) is 5.92 Å². The van der Waals surface area contributed by atoms with Crippen LogP contribution in [0.3, 0.4) is 0 Å². The van der Waals surface area contributed by atoms with Crippen molar-refractivity contribution < 1.29 is 9.53 Å². The van der Waals surface area contributed by atoms with Crippen molar-refractivity contribution in [2.75, 3.05) is 19.8 Å². The molecule has 2 rings (SSSR count). The van der Waals surface area contributed by atoms with Gasteiger partial charge in [-0.3, -0.25) is 9.89 Å². The molecule has 94 valence electrons. The number of aromatic nitrogens is 2. The third-order valence-electron chi connectivity index (χ3n) is 3.16. The average Bonchev–Trinajstić information content (AvgIpc) is 2.67. The van der Waals surface area contributed by atoms with E-state index in [0.29, 0.717) is 18.0 Å². The molecule has 1 aliphatic heterocycles. The molecule has 1 atom stereocenters. The molecule has 0 aliphatic carbocycles. The number of aromatic amines is 1. The molecule has 1 saturated heterocycles. The molecule has 0 spiro atoms. The zero-order valence-corrected chi connectivity index (χ0v) is 10.4. The summed E-state index contributed by atoms with van der Waals surface area (Å²) in [5.74, 6) is 0.402. The number of nitrogens with zero attached hydrogens (tertiary/aromatic N) is 1. The number of ether oxygens (including phenoxy) is 1. The summed E-state index contributed by atoms with van der Waals surface area (Å²) in [6.45, 7) is 5.98. The number of aryl methyl sites for hydroxylation is 2. The highest BCUT2D eigenvalue weighted by molar-refractivity contribution is 5.96. The fraction of sp³-hybridized carbons (Fsp3) is 0.667. The maximum atomic E-state index is 12.0. The first-order chi connectivity index (χ1) is 8.18. The van der Waals surface area contributed by atoms with Gasteiger partial charge in [-0.15, -0.1) is 0 Å². The summed E-state index contributed by atoms with van der Waals surface area (Å²) in [6.07, 6.45) is 2.22. The second-order valence-electron chi connectivity index (χ2n) is 4.60. The summed E-state index contributed by atoms with van der Waals surface area (Å²) < 4.78 is 5.38. The van der Waals surface area contributed by atoms with Gasteiger partial charge in [-0.1, -0.05) is 0 Å². The molecule has 1 fully saturated rings. The Labute approximate surface area is 101 Å². The van der Waals surface area contributed by atoms with E-state index in [1.165, 1.54) is 0 Å². The van der Waals surface area contributed by atoms with Crippen molar-refractivity contribution in [3.05, 3.63) is 17.0 Å². The number of rotatable bonds is 3. The summed E-state index contributed by atoms with van der Waals surface area (Å²) in [5.41, 5.74) is 2.24. The first kappa shape index (κ1) is 12.1. The van der Waals surface area contributed by atoms with E-state index in [1.54, 1.807) is 0 Å². The van der Waals surface area contributed by atoms with Crippen LogP contribution in [0.15, 0.2) is 0 Å². The van der Waals surface area contributed by atoms with Crippen molar-refractivity contribution in [3.63, 3.8) is 0 Å². The molecule has 0 saturated carbocycles. The number of carbonyl (C=O) groups is 1. The maximum absolute atomic E-state index is 12.0. The maximum Gasteiger partial charge on any atom is 0.255 e. The van der Waals surface area contributed by atoms with Crippen LogP contribution in [0.2, 0.25) is 0 Å². The Morgan fingerprint density at radius 1 is 1.59 bits per heavy atom. The van der Waals surface area contributed by atoms with Gasteiger partial charge in [0.1, 0.15) is 0 Å². The van der Waals surface area contributed by atoms with E-state index in [2.05, 4.69) is 15.5 Å². The number of nitrogens with one attached hydrogen (secondary N) is 2. The minimum Gasteiger partial charge on any atom is -0.381 e. The lowest BCUT2D eigenvalue weighted by molar-refractivity contribution is 0.0536. The molecule has 1 amide bonds. The molecule has 0 radical (unpaired) electrons. The van der Waals surface area contributed by atoms with Crippen LogP contribution in [0.1, 0.15) is 34.6 Å². The largest absolute Gasteiger partial charge is 0.381 e. The molecule has 1 unspecified atom stereocenters. The van der Waals surface area contributed by atoms with E-state index < -0.39 is 0 Å². The van der Waals surface area contributed by atoms with E-state index in [0.717, 1.165) is 37.4 Å². The molecule has 0 aromatic carbocycles. The van der Waals surface area contributed by atoms with Crippen LogP contribution < -0.4 is 5.32 Å². The third-order valence-corrected chi connectivity index (χ3v) is 3.16.